The molecular formula is C10H10O2. The van der Waals surface area contributed by atoms with E-state index in [2.05, 4.69) is 6.07 Å². The highest BCUT2D eigenvalue weighted by atomic mass is 16.6. The maximum atomic E-state index is 9.65. The van der Waals surface area contributed by atoms with Gasteiger partial charge in [0.1, 0.15) is 0 Å². The van der Waals surface area contributed by atoms with Crippen LogP contribution < -0.4 is 4.74 Å². The summed E-state index contributed by atoms with van der Waals surface area (Å²) in [5.74, 6) is 1.96. The molecule has 1 heterocycles. The van der Waals surface area contributed by atoms with Crippen molar-refractivity contribution in [1.82, 2.24) is 0 Å². The summed E-state index contributed by atoms with van der Waals surface area (Å²) in [5, 5.41) is 9.65. The Kier molecular flexibility index (Phi) is 1.09. The van der Waals surface area contributed by atoms with Crippen molar-refractivity contribution >= 4 is 0 Å². The maximum absolute atomic E-state index is 9.65. The molecule has 12 heavy (non-hydrogen) atoms. The molecule has 1 aliphatic heterocycles. The standard InChI is InChI=1S/C10H10O2/c11-8-3-1-2-6-4-9-10(12-9)5-7(6)8/h4-5,8,11H,1-3H2. The normalized spacial score (nSPS) is 23.9. The van der Waals surface area contributed by atoms with Gasteiger partial charge < -0.3 is 9.84 Å². The van der Waals surface area contributed by atoms with Crippen LogP contribution in [0, 0.1) is 0 Å². The summed E-state index contributed by atoms with van der Waals surface area (Å²) >= 11 is 0. The van der Waals surface area contributed by atoms with Crippen molar-refractivity contribution in [3.63, 3.8) is 0 Å². The van der Waals surface area contributed by atoms with Crippen LogP contribution in [0.3, 0.4) is 0 Å². The number of fused-ring (bicyclic) bond motifs is 2. The molecule has 0 saturated heterocycles. The van der Waals surface area contributed by atoms with Gasteiger partial charge in [-0.3, -0.25) is 0 Å². The summed E-state index contributed by atoms with van der Waals surface area (Å²) in [5.41, 5.74) is 2.35. The fourth-order valence-electron chi connectivity index (χ4n) is 1.94. The summed E-state index contributed by atoms with van der Waals surface area (Å²) in [6.07, 6.45) is 2.81. The Bertz CT molecular complexity index is 344. The lowest BCUT2D eigenvalue weighted by molar-refractivity contribution is 0.156. The predicted octanol–water partition coefficient (Wildman–Crippen LogP) is 2.16. The number of aryl methyl sites for hydroxylation is 1. The lowest BCUT2D eigenvalue weighted by Gasteiger charge is -2.19. The molecule has 2 nitrogen and oxygen atoms in total. The third-order valence-corrected chi connectivity index (χ3v) is 2.67. The van der Waals surface area contributed by atoms with E-state index in [-0.39, 0.29) is 6.10 Å². The van der Waals surface area contributed by atoms with E-state index in [0.29, 0.717) is 0 Å². The first-order valence-electron chi connectivity index (χ1n) is 4.37. The van der Waals surface area contributed by atoms with E-state index < -0.39 is 0 Å². The van der Waals surface area contributed by atoms with Crippen molar-refractivity contribution < 1.29 is 9.84 Å². The van der Waals surface area contributed by atoms with Crippen molar-refractivity contribution in [2.24, 2.45) is 0 Å². The average molecular weight is 162 g/mol. The van der Waals surface area contributed by atoms with Crippen LogP contribution in [0.15, 0.2) is 12.1 Å². The first-order valence-corrected chi connectivity index (χ1v) is 4.37. The zero-order chi connectivity index (χ0) is 8.13. The van der Waals surface area contributed by atoms with Crippen LogP contribution >= 0.6 is 0 Å². The minimum atomic E-state index is -0.261. The molecule has 62 valence electrons. The van der Waals surface area contributed by atoms with Gasteiger partial charge in [0, 0.05) is 0 Å². The van der Waals surface area contributed by atoms with Gasteiger partial charge in [0.15, 0.2) is 11.5 Å². The number of benzene rings is 1. The molecule has 0 amide bonds. The van der Waals surface area contributed by atoms with E-state index in [1.165, 1.54) is 5.56 Å². The number of rotatable bonds is 0. The van der Waals surface area contributed by atoms with Crippen LogP contribution in [0.25, 0.3) is 0 Å². The topological polar surface area (TPSA) is 32.8 Å². The first kappa shape index (κ1) is 6.49. The number of hydrogen-bond donors (Lipinski definition) is 1. The van der Waals surface area contributed by atoms with Crippen LogP contribution in [-0.2, 0) is 6.42 Å². The van der Waals surface area contributed by atoms with Gasteiger partial charge in [-0.15, -0.1) is 0 Å². The molecule has 0 saturated carbocycles. The van der Waals surface area contributed by atoms with Gasteiger partial charge >= 0.3 is 0 Å². The monoisotopic (exact) mass is 162 g/mol. The molecule has 0 fully saturated rings. The van der Waals surface area contributed by atoms with E-state index in [0.717, 1.165) is 36.3 Å². The third kappa shape index (κ3) is 0.786. The second kappa shape index (κ2) is 2.02. The van der Waals surface area contributed by atoms with E-state index in [1.54, 1.807) is 0 Å². The number of aliphatic hydroxyl groups excluding tert-OH is 1. The zero-order valence-electron chi connectivity index (χ0n) is 6.71. The van der Waals surface area contributed by atoms with Crippen LogP contribution in [0.1, 0.15) is 30.1 Å². The molecule has 0 spiro atoms. The molecule has 1 aromatic rings. The highest BCUT2D eigenvalue weighted by Crippen LogP contribution is 2.49. The lowest BCUT2D eigenvalue weighted by atomic mass is 9.90. The van der Waals surface area contributed by atoms with E-state index in [1.807, 2.05) is 6.07 Å². The Morgan fingerprint density at radius 1 is 1.33 bits per heavy atom. The summed E-state index contributed by atoms with van der Waals surface area (Å²) < 4.78 is 5.19. The predicted molar refractivity (Wildman–Crippen MR) is 44.4 cm³/mol. The van der Waals surface area contributed by atoms with Gasteiger partial charge in [-0.05, 0) is 42.5 Å². The third-order valence-electron chi connectivity index (χ3n) is 2.67. The van der Waals surface area contributed by atoms with Gasteiger partial charge in [-0.1, -0.05) is 0 Å². The maximum Gasteiger partial charge on any atom is 0.170 e. The Balaban J connectivity index is 2.16. The smallest absolute Gasteiger partial charge is 0.170 e. The second-order valence-electron chi connectivity index (χ2n) is 3.51. The fraction of sp³-hybridized carbons (Fsp3) is 0.400. The zero-order valence-corrected chi connectivity index (χ0v) is 6.71. The van der Waals surface area contributed by atoms with Crippen LogP contribution in [0.2, 0.25) is 0 Å². The van der Waals surface area contributed by atoms with Crippen LogP contribution in [0.5, 0.6) is 11.5 Å². The molecule has 1 aliphatic carbocycles. The van der Waals surface area contributed by atoms with Crippen LogP contribution in [-0.4, -0.2) is 5.11 Å². The number of aliphatic hydroxyl groups is 1. The van der Waals surface area contributed by atoms with Crippen molar-refractivity contribution in [1.29, 1.82) is 0 Å². The lowest BCUT2D eigenvalue weighted by Crippen LogP contribution is -2.07. The largest absolute Gasteiger partial charge is 0.449 e. The van der Waals surface area contributed by atoms with Gasteiger partial charge in [0.2, 0.25) is 0 Å². The molecular weight excluding hydrogens is 152 g/mol. The van der Waals surface area contributed by atoms with Gasteiger partial charge in [-0.2, -0.15) is 0 Å². The fourth-order valence-corrected chi connectivity index (χ4v) is 1.94. The SMILES string of the molecule is OC1CCCc2cc3c(cc21)O3. The van der Waals surface area contributed by atoms with Crippen molar-refractivity contribution in [2.75, 3.05) is 0 Å². The molecule has 0 bridgehead atoms. The Labute approximate surface area is 70.8 Å². The van der Waals surface area contributed by atoms with Crippen molar-refractivity contribution in [3.8, 4) is 11.5 Å². The molecule has 2 aliphatic rings. The summed E-state index contributed by atoms with van der Waals surface area (Å²) in [4.78, 5) is 0. The Hall–Kier alpha value is -1.02. The van der Waals surface area contributed by atoms with Gasteiger partial charge in [0.25, 0.3) is 0 Å². The molecule has 1 unspecified atom stereocenters. The summed E-state index contributed by atoms with van der Waals surface area (Å²) in [6, 6.07) is 4.04. The number of ether oxygens (including phenoxy) is 1. The summed E-state index contributed by atoms with van der Waals surface area (Å²) in [7, 11) is 0. The molecule has 0 radical (unpaired) electrons. The highest BCUT2D eigenvalue weighted by molar-refractivity contribution is 5.59. The molecule has 2 heteroatoms. The van der Waals surface area contributed by atoms with Gasteiger partial charge in [-0.25, -0.2) is 0 Å². The average Bonchev–Trinajstić information content (AvgIpc) is 2.79. The Morgan fingerprint density at radius 3 is 3.08 bits per heavy atom. The molecule has 0 aromatic heterocycles. The van der Waals surface area contributed by atoms with Gasteiger partial charge in [0.05, 0.1) is 6.10 Å². The second-order valence-corrected chi connectivity index (χ2v) is 3.51. The van der Waals surface area contributed by atoms with Crippen molar-refractivity contribution in [2.45, 2.75) is 25.4 Å². The van der Waals surface area contributed by atoms with Crippen LogP contribution in [0.4, 0.5) is 0 Å². The summed E-state index contributed by atoms with van der Waals surface area (Å²) in [6.45, 7) is 0. The minimum absolute atomic E-state index is 0.261. The number of hydrogen-bond acceptors (Lipinski definition) is 2. The molecule has 1 N–H and O–H groups in total. The van der Waals surface area contributed by atoms with Crippen molar-refractivity contribution in [3.05, 3.63) is 23.3 Å². The first-order chi connectivity index (χ1) is 5.84. The van der Waals surface area contributed by atoms with E-state index in [4.69, 9.17) is 4.74 Å². The quantitative estimate of drug-likeness (QED) is 0.602. The highest BCUT2D eigenvalue weighted by Gasteiger charge is 2.27. The molecule has 3 rings (SSSR count). The molecule has 1 aromatic carbocycles. The van der Waals surface area contributed by atoms with E-state index in [9.17, 15) is 5.11 Å². The molecule has 1 atom stereocenters. The Morgan fingerprint density at radius 2 is 2.17 bits per heavy atom. The van der Waals surface area contributed by atoms with E-state index >= 15 is 0 Å². The minimum Gasteiger partial charge on any atom is -0.449 e.